The molecule has 8 heteroatoms. The van der Waals surface area contributed by atoms with Crippen molar-refractivity contribution in [3.63, 3.8) is 0 Å². The van der Waals surface area contributed by atoms with Gasteiger partial charge in [0.1, 0.15) is 18.6 Å². The van der Waals surface area contributed by atoms with Crippen LogP contribution in [0.15, 0.2) is 54.9 Å². The number of aldehydes is 1. The van der Waals surface area contributed by atoms with Gasteiger partial charge in [-0.2, -0.15) is 0 Å². The number of benzene rings is 2. The van der Waals surface area contributed by atoms with Crippen molar-refractivity contribution in [1.82, 2.24) is 20.0 Å². The molecule has 0 radical (unpaired) electrons. The first kappa shape index (κ1) is 17.9. The van der Waals surface area contributed by atoms with Gasteiger partial charge in [0.05, 0.1) is 24.5 Å². The molecule has 0 unspecified atom stereocenters. The molecule has 0 spiro atoms. The minimum atomic E-state index is 0.200. The van der Waals surface area contributed by atoms with Crippen LogP contribution < -0.4 is 9.47 Å². The summed E-state index contributed by atoms with van der Waals surface area (Å²) in [5.74, 6) is 1.00. The fourth-order valence-electron chi connectivity index (χ4n) is 2.82. The zero-order valence-electron chi connectivity index (χ0n) is 14.9. The highest BCUT2D eigenvalue weighted by atomic mass is 35.5. The average molecular weight is 395 g/mol. The maximum absolute atomic E-state index is 10.9. The standard InChI is InChI=1S/C20H15ClN4O3/c1-27-20-8-13(11-26)2-5-19(20)28-12-15-10-25(24-23-15)18-6-7-22-17-9-14(21)3-4-16(17)18/h2-11H,12H2,1H3. The summed E-state index contributed by atoms with van der Waals surface area (Å²) in [4.78, 5) is 15.2. The second kappa shape index (κ2) is 7.66. The molecule has 0 N–H and O–H groups in total. The lowest BCUT2D eigenvalue weighted by molar-refractivity contribution is 0.112. The minimum absolute atomic E-state index is 0.200. The van der Waals surface area contributed by atoms with E-state index in [1.807, 2.05) is 18.2 Å². The molecule has 2 aromatic carbocycles. The Bertz CT molecular complexity index is 1160. The number of rotatable bonds is 6. The number of carbonyl (C=O) groups excluding carboxylic acids is 1. The van der Waals surface area contributed by atoms with Crippen LogP contribution in [0.25, 0.3) is 16.6 Å². The summed E-state index contributed by atoms with van der Waals surface area (Å²) in [7, 11) is 1.52. The number of nitrogens with zero attached hydrogens (tertiary/aromatic N) is 4. The van der Waals surface area contributed by atoms with Gasteiger partial charge in [-0.3, -0.25) is 9.78 Å². The first-order valence-corrected chi connectivity index (χ1v) is 8.77. The maximum atomic E-state index is 10.9. The van der Waals surface area contributed by atoms with E-state index in [9.17, 15) is 4.79 Å². The quantitative estimate of drug-likeness (QED) is 0.462. The smallest absolute Gasteiger partial charge is 0.161 e. The summed E-state index contributed by atoms with van der Waals surface area (Å²) in [5.41, 5.74) is 2.77. The predicted octanol–water partition coefficient (Wildman–Crippen LogP) is 3.87. The van der Waals surface area contributed by atoms with E-state index in [4.69, 9.17) is 21.1 Å². The molecule has 4 aromatic rings. The van der Waals surface area contributed by atoms with Gasteiger partial charge in [-0.25, -0.2) is 4.68 Å². The molecule has 0 aliphatic heterocycles. The third kappa shape index (κ3) is 3.52. The third-order valence-corrected chi connectivity index (χ3v) is 4.40. The molecule has 0 amide bonds. The van der Waals surface area contributed by atoms with Crippen molar-refractivity contribution in [1.29, 1.82) is 0 Å². The summed E-state index contributed by atoms with van der Waals surface area (Å²) in [6, 6.07) is 12.3. The zero-order chi connectivity index (χ0) is 19.5. The van der Waals surface area contributed by atoms with Crippen LogP contribution in [0.1, 0.15) is 16.1 Å². The van der Waals surface area contributed by atoms with E-state index < -0.39 is 0 Å². The van der Waals surface area contributed by atoms with Crippen LogP contribution in [0.5, 0.6) is 11.5 Å². The summed E-state index contributed by atoms with van der Waals surface area (Å²) in [6.45, 7) is 0.200. The number of ether oxygens (including phenoxy) is 2. The maximum Gasteiger partial charge on any atom is 0.161 e. The van der Waals surface area contributed by atoms with Crippen molar-refractivity contribution in [2.75, 3.05) is 7.11 Å². The largest absolute Gasteiger partial charge is 0.493 e. The minimum Gasteiger partial charge on any atom is -0.493 e. The Morgan fingerprint density at radius 1 is 1.14 bits per heavy atom. The lowest BCUT2D eigenvalue weighted by Crippen LogP contribution is -1.99. The highest BCUT2D eigenvalue weighted by molar-refractivity contribution is 6.31. The molecule has 2 heterocycles. The summed E-state index contributed by atoms with van der Waals surface area (Å²) in [5, 5.41) is 9.89. The van der Waals surface area contributed by atoms with Gasteiger partial charge >= 0.3 is 0 Å². The van der Waals surface area contributed by atoms with E-state index in [0.29, 0.717) is 27.8 Å². The third-order valence-electron chi connectivity index (χ3n) is 4.17. The molecular weight excluding hydrogens is 380 g/mol. The highest BCUT2D eigenvalue weighted by Crippen LogP contribution is 2.28. The SMILES string of the molecule is COc1cc(C=O)ccc1OCc1cn(-c2ccnc3cc(Cl)ccc23)nn1. The monoisotopic (exact) mass is 394 g/mol. The molecule has 0 aliphatic rings. The molecular formula is C20H15ClN4O3. The zero-order valence-corrected chi connectivity index (χ0v) is 15.6. The Labute approximate surface area is 165 Å². The number of methoxy groups -OCH3 is 1. The van der Waals surface area contributed by atoms with Crippen molar-refractivity contribution < 1.29 is 14.3 Å². The predicted molar refractivity (Wildman–Crippen MR) is 104 cm³/mol. The van der Waals surface area contributed by atoms with Crippen molar-refractivity contribution in [3.05, 3.63) is 71.1 Å². The molecule has 7 nitrogen and oxygen atoms in total. The second-order valence-electron chi connectivity index (χ2n) is 5.96. The average Bonchev–Trinajstić information content (AvgIpc) is 3.20. The van der Waals surface area contributed by atoms with Crippen LogP contribution in [0.4, 0.5) is 0 Å². The molecule has 28 heavy (non-hydrogen) atoms. The van der Waals surface area contributed by atoms with Crippen molar-refractivity contribution in [2.45, 2.75) is 6.61 Å². The van der Waals surface area contributed by atoms with Gasteiger partial charge in [0.25, 0.3) is 0 Å². The molecule has 0 bridgehead atoms. The molecule has 140 valence electrons. The van der Waals surface area contributed by atoms with Crippen LogP contribution in [-0.2, 0) is 6.61 Å². The lowest BCUT2D eigenvalue weighted by Gasteiger charge is -2.09. The molecule has 0 atom stereocenters. The molecule has 0 aliphatic carbocycles. The van der Waals surface area contributed by atoms with Crippen LogP contribution >= 0.6 is 11.6 Å². The Morgan fingerprint density at radius 3 is 2.86 bits per heavy atom. The van der Waals surface area contributed by atoms with Crippen LogP contribution in [0.3, 0.4) is 0 Å². The fraction of sp³-hybridized carbons (Fsp3) is 0.100. The van der Waals surface area contributed by atoms with E-state index >= 15 is 0 Å². The van der Waals surface area contributed by atoms with Gasteiger partial charge in [0.15, 0.2) is 11.5 Å². The molecule has 0 saturated heterocycles. The molecule has 4 rings (SSSR count). The Morgan fingerprint density at radius 2 is 2.04 bits per heavy atom. The number of aromatic nitrogens is 4. The highest BCUT2D eigenvalue weighted by Gasteiger charge is 2.10. The number of hydrogen-bond acceptors (Lipinski definition) is 6. The van der Waals surface area contributed by atoms with E-state index in [1.54, 1.807) is 41.3 Å². The molecule has 0 fully saturated rings. The summed E-state index contributed by atoms with van der Waals surface area (Å²) >= 11 is 6.04. The number of pyridine rings is 1. The normalized spacial score (nSPS) is 10.8. The van der Waals surface area contributed by atoms with Gasteiger partial charge in [0, 0.05) is 22.2 Å². The fourth-order valence-corrected chi connectivity index (χ4v) is 2.98. The van der Waals surface area contributed by atoms with E-state index in [0.717, 1.165) is 22.9 Å². The van der Waals surface area contributed by atoms with Gasteiger partial charge in [-0.15, -0.1) is 5.10 Å². The molecule has 2 aromatic heterocycles. The van der Waals surface area contributed by atoms with Crippen LogP contribution in [0, 0.1) is 0 Å². The number of halogens is 1. The summed E-state index contributed by atoms with van der Waals surface area (Å²) < 4.78 is 12.7. The Balaban J connectivity index is 1.57. The van der Waals surface area contributed by atoms with Crippen molar-refractivity contribution >= 4 is 28.8 Å². The van der Waals surface area contributed by atoms with Gasteiger partial charge < -0.3 is 9.47 Å². The van der Waals surface area contributed by atoms with Gasteiger partial charge in [-0.1, -0.05) is 16.8 Å². The topological polar surface area (TPSA) is 79.1 Å². The first-order valence-electron chi connectivity index (χ1n) is 8.40. The van der Waals surface area contributed by atoms with Crippen LogP contribution in [0.2, 0.25) is 5.02 Å². The van der Waals surface area contributed by atoms with Gasteiger partial charge in [0.2, 0.25) is 0 Å². The van der Waals surface area contributed by atoms with Crippen molar-refractivity contribution in [2.24, 2.45) is 0 Å². The first-order chi connectivity index (χ1) is 13.7. The van der Waals surface area contributed by atoms with Gasteiger partial charge in [-0.05, 0) is 42.5 Å². The Kier molecular flexibility index (Phi) is 4.90. The number of hydrogen-bond donors (Lipinski definition) is 0. The van der Waals surface area contributed by atoms with Crippen molar-refractivity contribution in [3.8, 4) is 17.2 Å². The van der Waals surface area contributed by atoms with E-state index in [2.05, 4.69) is 15.3 Å². The molecule has 0 saturated carbocycles. The van der Waals surface area contributed by atoms with Crippen LogP contribution in [-0.4, -0.2) is 33.4 Å². The number of fused-ring (bicyclic) bond motifs is 1. The Hall–Kier alpha value is -3.45. The second-order valence-corrected chi connectivity index (χ2v) is 6.40. The summed E-state index contributed by atoms with van der Waals surface area (Å²) in [6.07, 6.45) is 4.24. The lowest BCUT2D eigenvalue weighted by atomic mass is 10.2. The van der Waals surface area contributed by atoms with E-state index in [-0.39, 0.29) is 6.61 Å². The number of carbonyl (C=O) groups is 1. The van der Waals surface area contributed by atoms with E-state index in [1.165, 1.54) is 7.11 Å².